The maximum absolute atomic E-state index is 6.64. The van der Waals surface area contributed by atoms with Crippen molar-refractivity contribution < 1.29 is 0 Å². The number of H-pyrrole nitrogens is 1. The third-order valence-electron chi connectivity index (χ3n) is 5.84. The minimum atomic E-state index is 0.305. The smallest absolute Gasteiger partial charge is 0.208 e. The van der Waals surface area contributed by atoms with Gasteiger partial charge in [0.25, 0.3) is 0 Å². The predicted molar refractivity (Wildman–Crippen MR) is 80.4 cm³/mol. The molecular formula is C15H24N4S. The lowest BCUT2D eigenvalue weighted by Gasteiger charge is -2.58. The Balaban J connectivity index is 1.44. The summed E-state index contributed by atoms with van der Waals surface area (Å²) < 4.78 is 0. The first-order valence-corrected chi connectivity index (χ1v) is 8.89. The second-order valence-corrected chi connectivity index (χ2v) is 8.39. The van der Waals surface area contributed by atoms with Crippen molar-refractivity contribution in [3.63, 3.8) is 0 Å². The van der Waals surface area contributed by atoms with Gasteiger partial charge in [-0.3, -0.25) is 5.10 Å². The van der Waals surface area contributed by atoms with Crippen LogP contribution in [0.5, 0.6) is 0 Å². The fourth-order valence-corrected chi connectivity index (χ4v) is 6.35. The summed E-state index contributed by atoms with van der Waals surface area (Å²) in [4.78, 5) is 4.37. The summed E-state index contributed by atoms with van der Waals surface area (Å²) in [5.74, 6) is 4.77. The van der Waals surface area contributed by atoms with Crippen LogP contribution in [0.2, 0.25) is 0 Å². The van der Waals surface area contributed by atoms with E-state index in [0.29, 0.717) is 11.5 Å². The van der Waals surface area contributed by atoms with Crippen LogP contribution in [0.4, 0.5) is 0 Å². The molecule has 5 rings (SSSR count). The van der Waals surface area contributed by atoms with E-state index in [4.69, 9.17) is 5.73 Å². The summed E-state index contributed by atoms with van der Waals surface area (Å²) in [5.41, 5.74) is 7.08. The van der Waals surface area contributed by atoms with Crippen LogP contribution in [-0.4, -0.2) is 27.0 Å². The van der Waals surface area contributed by atoms with E-state index >= 15 is 0 Å². The van der Waals surface area contributed by atoms with Crippen LogP contribution >= 0.6 is 11.8 Å². The Kier molecular flexibility index (Phi) is 3.11. The fraction of sp³-hybridized carbons (Fsp3) is 0.867. The minimum absolute atomic E-state index is 0.305. The highest BCUT2D eigenvalue weighted by Crippen LogP contribution is 2.61. The van der Waals surface area contributed by atoms with Gasteiger partial charge in [0, 0.05) is 11.8 Å². The van der Waals surface area contributed by atoms with Crippen LogP contribution in [-0.2, 0) is 0 Å². The Bertz CT molecular complexity index is 463. The molecule has 1 atom stereocenters. The van der Waals surface area contributed by atoms with Gasteiger partial charge in [0.05, 0.1) is 0 Å². The molecule has 4 aliphatic rings. The average Bonchev–Trinajstić information content (AvgIpc) is 2.80. The lowest BCUT2D eigenvalue weighted by molar-refractivity contribution is -0.0629. The van der Waals surface area contributed by atoms with Crippen LogP contribution in [0.25, 0.3) is 0 Å². The van der Waals surface area contributed by atoms with E-state index in [-0.39, 0.29) is 0 Å². The van der Waals surface area contributed by atoms with E-state index in [1.165, 1.54) is 38.5 Å². The molecular weight excluding hydrogens is 268 g/mol. The van der Waals surface area contributed by atoms with Gasteiger partial charge in [0.1, 0.15) is 5.82 Å². The second-order valence-electron chi connectivity index (χ2n) is 7.40. The summed E-state index contributed by atoms with van der Waals surface area (Å²) in [6.07, 6.45) is 8.60. The molecule has 1 aromatic heterocycles. The molecule has 1 aromatic rings. The lowest BCUT2D eigenvalue weighted by atomic mass is 9.48. The number of aryl methyl sites for hydroxylation is 1. The van der Waals surface area contributed by atoms with Crippen LogP contribution in [0.1, 0.15) is 44.3 Å². The van der Waals surface area contributed by atoms with Gasteiger partial charge in [0.15, 0.2) is 0 Å². The molecule has 4 aliphatic carbocycles. The molecule has 4 bridgehead atoms. The van der Waals surface area contributed by atoms with Crippen LogP contribution in [0, 0.1) is 30.1 Å². The molecule has 5 heteroatoms. The van der Waals surface area contributed by atoms with Crippen LogP contribution in [0.15, 0.2) is 5.16 Å². The Morgan fingerprint density at radius 2 is 1.85 bits per heavy atom. The van der Waals surface area contributed by atoms with Gasteiger partial charge in [-0.05, 0) is 68.6 Å². The van der Waals surface area contributed by atoms with Gasteiger partial charge in [0.2, 0.25) is 5.16 Å². The van der Waals surface area contributed by atoms with Gasteiger partial charge in [-0.15, -0.1) is 5.10 Å². The van der Waals surface area contributed by atoms with Crippen molar-refractivity contribution in [1.29, 1.82) is 0 Å². The average molecular weight is 292 g/mol. The first kappa shape index (κ1) is 13.1. The van der Waals surface area contributed by atoms with Gasteiger partial charge in [-0.25, -0.2) is 4.98 Å². The zero-order valence-electron chi connectivity index (χ0n) is 12.1. The molecule has 4 saturated carbocycles. The van der Waals surface area contributed by atoms with E-state index in [0.717, 1.165) is 34.5 Å². The zero-order chi connectivity index (χ0) is 13.7. The van der Waals surface area contributed by atoms with E-state index < -0.39 is 0 Å². The number of hydrogen-bond donors (Lipinski definition) is 2. The van der Waals surface area contributed by atoms with Crippen molar-refractivity contribution in [2.45, 2.75) is 56.6 Å². The van der Waals surface area contributed by atoms with Crippen molar-refractivity contribution in [1.82, 2.24) is 15.2 Å². The molecule has 4 fully saturated rings. The molecule has 0 aromatic carbocycles. The quantitative estimate of drug-likeness (QED) is 0.837. The summed E-state index contributed by atoms with van der Waals surface area (Å²) in [5, 5.41) is 7.96. The summed E-state index contributed by atoms with van der Waals surface area (Å²) in [7, 11) is 0. The molecule has 0 spiro atoms. The molecule has 4 nitrogen and oxygen atoms in total. The highest BCUT2D eigenvalue weighted by molar-refractivity contribution is 7.99. The van der Waals surface area contributed by atoms with Crippen LogP contribution in [0.3, 0.4) is 0 Å². The molecule has 0 radical (unpaired) electrons. The number of hydrogen-bond acceptors (Lipinski definition) is 4. The topological polar surface area (TPSA) is 67.6 Å². The largest absolute Gasteiger partial charge is 0.326 e. The number of nitrogens with two attached hydrogens (primary N) is 1. The van der Waals surface area contributed by atoms with Gasteiger partial charge in [-0.2, -0.15) is 0 Å². The summed E-state index contributed by atoms with van der Waals surface area (Å²) in [6.45, 7) is 1.94. The number of thioether (sulfide) groups is 1. The maximum Gasteiger partial charge on any atom is 0.208 e. The van der Waals surface area contributed by atoms with Gasteiger partial charge in [-0.1, -0.05) is 11.8 Å². The molecule has 0 amide bonds. The molecule has 1 heterocycles. The van der Waals surface area contributed by atoms with Gasteiger partial charge < -0.3 is 5.73 Å². The highest BCUT2D eigenvalue weighted by atomic mass is 32.2. The number of aromatic nitrogens is 3. The van der Waals surface area contributed by atoms with E-state index in [1.807, 2.05) is 6.92 Å². The number of nitrogens with one attached hydrogen (secondary N) is 1. The summed E-state index contributed by atoms with van der Waals surface area (Å²) >= 11 is 1.72. The second kappa shape index (κ2) is 4.73. The third kappa shape index (κ3) is 2.19. The van der Waals surface area contributed by atoms with E-state index in [1.54, 1.807) is 11.8 Å². The van der Waals surface area contributed by atoms with E-state index in [2.05, 4.69) is 15.2 Å². The molecule has 110 valence electrons. The normalized spacial score (nSPS) is 40.2. The molecule has 3 N–H and O–H groups in total. The zero-order valence-corrected chi connectivity index (χ0v) is 13.0. The SMILES string of the molecule is Cc1nc(SCC(N)C23CC4CC(CC(C4)C2)C3)n[nH]1. The van der Waals surface area contributed by atoms with Crippen LogP contribution < -0.4 is 5.73 Å². The highest BCUT2D eigenvalue weighted by Gasteiger charge is 2.53. The van der Waals surface area contributed by atoms with Crippen molar-refractivity contribution in [2.75, 3.05) is 5.75 Å². The van der Waals surface area contributed by atoms with Crippen molar-refractivity contribution >= 4 is 11.8 Å². The van der Waals surface area contributed by atoms with Crippen molar-refractivity contribution in [3.05, 3.63) is 5.82 Å². The molecule has 20 heavy (non-hydrogen) atoms. The Hall–Kier alpha value is -0.550. The standard InChI is InChI=1S/C15H24N4S/c1-9-17-14(19-18-9)20-8-13(16)15-5-10-2-11(6-15)4-12(3-10)7-15/h10-13H,2-8,16H2,1H3,(H,17,18,19). The van der Waals surface area contributed by atoms with Crippen molar-refractivity contribution in [2.24, 2.45) is 28.9 Å². The Morgan fingerprint density at radius 1 is 1.25 bits per heavy atom. The number of rotatable bonds is 4. The van der Waals surface area contributed by atoms with Crippen molar-refractivity contribution in [3.8, 4) is 0 Å². The summed E-state index contributed by atoms with van der Waals surface area (Å²) in [6, 6.07) is 0.305. The maximum atomic E-state index is 6.64. The molecule has 0 aliphatic heterocycles. The Labute approximate surface area is 124 Å². The Morgan fingerprint density at radius 3 is 2.35 bits per heavy atom. The number of aromatic amines is 1. The van der Waals surface area contributed by atoms with Gasteiger partial charge >= 0.3 is 0 Å². The lowest BCUT2D eigenvalue weighted by Crippen LogP contribution is -2.55. The first-order chi connectivity index (χ1) is 9.63. The monoisotopic (exact) mass is 292 g/mol. The minimum Gasteiger partial charge on any atom is -0.326 e. The predicted octanol–water partition coefficient (Wildman–Crippen LogP) is 2.75. The third-order valence-corrected chi connectivity index (χ3v) is 6.81. The van der Waals surface area contributed by atoms with E-state index in [9.17, 15) is 0 Å². The first-order valence-electron chi connectivity index (χ1n) is 7.90. The molecule has 1 unspecified atom stereocenters. The number of nitrogens with zero attached hydrogens (tertiary/aromatic N) is 2. The molecule has 0 saturated heterocycles. The fourth-order valence-electron chi connectivity index (χ4n) is 5.36.